The Morgan fingerprint density at radius 1 is 1.41 bits per heavy atom. The van der Waals surface area contributed by atoms with E-state index in [1.54, 1.807) is 13.0 Å². The predicted octanol–water partition coefficient (Wildman–Crippen LogP) is 0.225. The number of nitriles is 1. The minimum Gasteiger partial charge on any atom is -0.477 e. The molecule has 200 valence electrons. The summed E-state index contributed by atoms with van der Waals surface area (Å²) >= 11 is 3.73. The lowest BCUT2D eigenvalue weighted by atomic mass is 10.0. The standard InChI is InChI=1S/C21H18N10O5S3/c1-8-3-12(31-21(24-8)26-11(4-22)28-31)37-5-9-6-38-18-14(17(33)30(18)15(9)19(34)35)27-16(32)13(29-36-2)10-7-39-20(23)25-10/h3,7,14,18H,5-6H2,1-2H3,(H2,23,25)(H,27,32)(H,34,35)/b29-13-/t14-,18-/m1/s1. The average molecular weight is 587 g/mol. The van der Waals surface area contributed by atoms with Gasteiger partial charge in [-0.05, 0) is 18.6 Å². The van der Waals surface area contributed by atoms with Crippen molar-refractivity contribution in [1.29, 1.82) is 5.26 Å². The number of nitrogen functional groups attached to an aromatic ring is 1. The first-order valence-corrected chi connectivity index (χ1v) is 13.9. The Labute approximate surface area is 232 Å². The first kappa shape index (κ1) is 26.4. The van der Waals surface area contributed by atoms with E-state index in [0.29, 0.717) is 22.0 Å². The molecule has 15 nitrogen and oxygen atoms in total. The number of carboxylic acids is 1. The number of β-lactam (4-membered cyclic amide) rings is 1. The van der Waals surface area contributed by atoms with Gasteiger partial charge in [0.1, 0.15) is 41.0 Å². The van der Waals surface area contributed by atoms with Gasteiger partial charge in [0.2, 0.25) is 0 Å². The Morgan fingerprint density at radius 2 is 2.21 bits per heavy atom. The SMILES string of the molecule is CO/N=C(\C(=O)N[C@@H]1C(=O)N2C(C(=O)O)=C(CSc3cc(C)nc4nc(C#N)nn34)CS[C@H]12)c1csc(N)n1. The topological polar surface area (TPSA) is 214 Å². The van der Waals surface area contributed by atoms with Crippen LogP contribution in [0.1, 0.15) is 17.2 Å². The zero-order valence-corrected chi connectivity index (χ0v) is 22.6. The largest absolute Gasteiger partial charge is 0.477 e. The Morgan fingerprint density at radius 3 is 2.87 bits per heavy atom. The van der Waals surface area contributed by atoms with Gasteiger partial charge in [-0.3, -0.25) is 14.5 Å². The molecule has 1 saturated heterocycles. The Kier molecular flexibility index (Phi) is 7.12. The number of fused-ring (bicyclic) bond motifs is 2. The van der Waals surface area contributed by atoms with Crippen LogP contribution in [0.5, 0.6) is 0 Å². The molecular weight excluding hydrogens is 568 g/mol. The molecule has 5 rings (SSSR count). The van der Waals surface area contributed by atoms with Crippen molar-refractivity contribution >= 4 is 69.3 Å². The molecule has 2 aliphatic heterocycles. The zero-order chi connectivity index (χ0) is 27.8. The fourth-order valence-electron chi connectivity index (χ4n) is 3.96. The van der Waals surface area contributed by atoms with Crippen molar-refractivity contribution < 1.29 is 24.3 Å². The van der Waals surface area contributed by atoms with Crippen LogP contribution in [0, 0.1) is 18.3 Å². The van der Waals surface area contributed by atoms with E-state index in [0.717, 1.165) is 11.3 Å². The number of aryl methyl sites for hydroxylation is 1. The van der Waals surface area contributed by atoms with E-state index in [1.165, 1.54) is 45.4 Å². The summed E-state index contributed by atoms with van der Waals surface area (Å²) < 4.78 is 1.42. The summed E-state index contributed by atoms with van der Waals surface area (Å²) in [6.07, 6.45) is 0. The molecule has 0 spiro atoms. The highest BCUT2D eigenvalue weighted by atomic mass is 32.2. The maximum atomic E-state index is 13.1. The molecule has 0 aliphatic carbocycles. The summed E-state index contributed by atoms with van der Waals surface area (Å²) in [7, 11) is 1.27. The number of carbonyl (C=O) groups excluding carboxylic acids is 2. The van der Waals surface area contributed by atoms with E-state index < -0.39 is 29.2 Å². The molecule has 2 amide bonds. The van der Waals surface area contributed by atoms with Crippen LogP contribution >= 0.6 is 34.9 Å². The average Bonchev–Trinajstić information content (AvgIpc) is 3.53. The van der Waals surface area contributed by atoms with E-state index in [2.05, 4.69) is 30.5 Å². The van der Waals surface area contributed by atoms with E-state index in [-0.39, 0.29) is 39.6 Å². The second kappa shape index (κ2) is 10.5. The van der Waals surface area contributed by atoms with Crippen LogP contribution in [0.15, 0.2) is 32.9 Å². The third-order valence-corrected chi connectivity index (χ3v) is 8.69. The number of carbonyl (C=O) groups is 3. The summed E-state index contributed by atoms with van der Waals surface area (Å²) in [6, 6.07) is 2.66. The van der Waals surface area contributed by atoms with Gasteiger partial charge < -0.3 is 21.0 Å². The number of thiazole rings is 1. The first-order chi connectivity index (χ1) is 18.7. The molecule has 4 N–H and O–H groups in total. The molecule has 0 bridgehead atoms. The number of rotatable bonds is 8. The van der Waals surface area contributed by atoms with Crippen LogP contribution in [-0.2, 0) is 19.2 Å². The van der Waals surface area contributed by atoms with Crippen molar-refractivity contribution in [3.8, 4) is 6.07 Å². The molecule has 1 fully saturated rings. The number of nitrogens with zero attached hydrogens (tertiary/aromatic N) is 8. The maximum absolute atomic E-state index is 13.1. The third kappa shape index (κ3) is 4.86. The molecule has 0 unspecified atom stereocenters. The fraction of sp³-hybridized carbons (Fsp3) is 0.286. The molecule has 5 heterocycles. The lowest BCUT2D eigenvalue weighted by Gasteiger charge is -2.49. The number of carboxylic acid groups (broad SMARTS) is 1. The van der Waals surface area contributed by atoms with Gasteiger partial charge >= 0.3 is 5.97 Å². The highest BCUT2D eigenvalue weighted by molar-refractivity contribution is 8.01. The number of anilines is 1. The number of aromatic nitrogens is 5. The second-order valence-electron chi connectivity index (χ2n) is 8.10. The van der Waals surface area contributed by atoms with Crippen LogP contribution in [0.2, 0.25) is 0 Å². The second-order valence-corrected chi connectivity index (χ2v) is 11.1. The Balaban J connectivity index is 1.34. The van der Waals surface area contributed by atoms with E-state index >= 15 is 0 Å². The van der Waals surface area contributed by atoms with Gasteiger partial charge in [0, 0.05) is 22.6 Å². The number of nitrogens with one attached hydrogen (secondary N) is 1. The normalized spacial score (nSPS) is 18.9. The number of nitrogens with two attached hydrogens (primary N) is 1. The number of hydrogen-bond acceptors (Lipinski definition) is 14. The minimum atomic E-state index is -1.25. The zero-order valence-electron chi connectivity index (χ0n) is 20.2. The van der Waals surface area contributed by atoms with Crippen molar-refractivity contribution in [2.24, 2.45) is 5.16 Å². The summed E-state index contributed by atoms with van der Waals surface area (Å²) in [5.74, 6) is -1.75. The molecule has 39 heavy (non-hydrogen) atoms. The maximum Gasteiger partial charge on any atom is 0.352 e. The lowest BCUT2D eigenvalue weighted by Crippen LogP contribution is -2.71. The van der Waals surface area contributed by atoms with Crippen LogP contribution in [0.4, 0.5) is 5.13 Å². The van der Waals surface area contributed by atoms with Gasteiger partial charge in [0.15, 0.2) is 10.8 Å². The van der Waals surface area contributed by atoms with Crippen molar-refractivity contribution in [1.82, 2.24) is 34.8 Å². The molecule has 3 aromatic rings. The monoisotopic (exact) mass is 586 g/mol. The van der Waals surface area contributed by atoms with Gasteiger partial charge in [-0.15, -0.1) is 40.0 Å². The Hall–Kier alpha value is -4.21. The summed E-state index contributed by atoms with van der Waals surface area (Å²) in [5.41, 5.74) is 6.73. The van der Waals surface area contributed by atoms with Crippen LogP contribution in [0.3, 0.4) is 0 Å². The minimum absolute atomic E-state index is 0.0346. The summed E-state index contributed by atoms with van der Waals surface area (Å²) in [4.78, 5) is 56.5. The van der Waals surface area contributed by atoms with Gasteiger partial charge in [0.25, 0.3) is 23.4 Å². The molecule has 3 aromatic heterocycles. The van der Waals surface area contributed by atoms with Crippen LogP contribution < -0.4 is 11.1 Å². The molecule has 0 saturated carbocycles. The molecule has 2 atom stereocenters. The first-order valence-electron chi connectivity index (χ1n) is 11.0. The molecule has 0 radical (unpaired) electrons. The van der Waals surface area contributed by atoms with Gasteiger partial charge in [-0.1, -0.05) is 5.16 Å². The van der Waals surface area contributed by atoms with Crippen molar-refractivity contribution in [3.05, 3.63) is 39.9 Å². The van der Waals surface area contributed by atoms with Crippen molar-refractivity contribution in [2.45, 2.75) is 23.4 Å². The van der Waals surface area contributed by atoms with Gasteiger partial charge in [0.05, 0.1) is 0 Å². The summed E-state index contributed by atoms with van der Waals surface area (Å²) in [6.45, 7) is 1.77. The molecule has 2 aliphatic rings. The van der Waals surface area contributed by atoms with E-state index in [4.69, 9.17) is 15.8 Å². The number of thioether (sulfide) groups is 2. The number of aliphatic carboxylic acids is 1. The van der Waals surface area contributed by atoms with Crippen molar-refractivity contribution in [3.63, 3.8) is 0 Å². The molecule has 18 heteroatoms. The fourth-order valence-corrected chi connectivity index (χ4v) is 7.04. The smallest absolute Gasteiger partial charge is 0.352 e. The number of oxime groups is 1. The number of amides is 2. The van der Waals surface area contributed by atoms with E-state index in [1.807, 2.05) is 6.07 Å². The third-order valence-electron chi connectivity index (χ3n) is 5.60. The Bertz CT molecular complexity index is 1620. The van der Waals surface area contributed by atoms with E-state index in [9.17, 15) is 19.5 Å². The molecular formula is C21H18N10O5S3. The van der Waals surface area contributed by atoms with Crippen molar-refractivity contribution in [2.75, 3.05) is 24.3 Å². The number of hydrogen-bond donors (Lipinski definition) is 3. The van der Waals surface area contributed by atoms with Crippen LogP contribution in [0.25, 0.3) is 5.78 Å². The summed E-state index contributed by atoms with van der Waals surface area (Å²) in [5, 5.41) is 31.3. The van der Waals surface area contributed by atoms with Gasteiger partial charge in [-0.25, -0.2) is 14.8 Å². The quantitative estimate of drug-likeness (QED) is 0.106. The lowest BCUT2D eigenvalue weighted by molar-refractivity contribution is -0.150. The molecule has 0 aromatic carbocycles. The highest BCUT2D eigenvalue weighted by Gasteiger charge is 2.54. The van der Waals surface area contributed by atoms with Gasteiger partial charge in [-0.2, -0.15) is 14.8 Å². The highest BCUT2D eigenvalue weighted by Crippen LogP contribution is 2.41. The van der Waals surface area contributed by atoms with Crippen LogP contribution in [-0.4, -0.2) is 88.1 Å². The predicted molar refractivity (Wildman–Crippen MR) is 141 cm³/mol.